The Morgan fingerprint density at radius 2 is 1.86 bits per heavy atom. The first-order valence-corrected chi connectivity index (χ1v) is 11.1. The van der Waals surface area contributed by atoms with Crippen molar-refractivity contribution in [2.24, 2.45) is 0 Å². The van der Waals surface area contributed by atoms with Gasteiger partial charge in [-0.3, -0.25) is 4.79 Å². The first kappa shape index (κ1) is 18.5. The maximum Gasteiger partial charge on any atom is 0.227 e. The van der Waals surface area contributed by atoms with Gasteiger partial charge in [0.05, 0.1) is 6.42 Å². The van der Waals surface area contributed by atoms with Crippen LogP contribution in [0.1, 0.15) is 5.56 Å². The third-order valence-corrected chi connectivity index (χ3v) is 6.22. The fraction of sp³-hybridized carbons (Fsp3) is 0.300. The summed E-state index contributed by atoms with van der Waals surface area (Å²) in [4.78, 5) is 24.2. The van der Waals surface area contributed by atoms with E-state index in [4.69, 9.17) is 0 Å². The van der Waals surface area contributed by atoms with E-state index in [1.807, 2.05) is 40.3 Å². The number of amides is 1. The molecule has 1 aliphatic heterocycles. The van der Waals surface area contributed by atoms with Crippen LogP contribution < -0.4 is 4.90 Å². The Hall–Kier alpha value is -2.87. The molecule has 1 fully saturated rings. The van der Waals surface area contributed by atoms with Gasteiger partial charge in [0.25, 0.3) is 0 Å². The molecule has 1 saturated heterocycles. The quantitative estimate of drug-likeness (QED) is 0.725. The molecule has 1 aromatic carbocycles. The van der Waals surface area contributed by atoms with Crippen LogP contribution in [0.25, 0.3) is 10.9 Å². The molecule has 4 rings (SSSR count). The number of carbonyl (C=O) groups excluding carboxylic acids is 1. The fourth-order valence-electron chi connectivity index (χ4n) is 3.63. The summed E-state index contributed by atoms with van der Waals surface area (Å²) in [6.07, 6.45) is 5.03. The van der Waals surface area contributed by atoms with E-state index in [2.05, 4.69) is 9.97 Å². The lowest BCUT2D eigenvalue weighted by Gasteiger charge is -2.36. The van der Waals surface area contributed by atoms with Crippen LogP contribution in [-0.4, -0.2) is 61.6 Å². The first-order chi connectivity index (χ1) is 13.4. The van der Waals surface area contributed by atoms with Crippen molar-refractivity contribution in [1.29, 1.82) is 0 Å². The second-order valence-electron chi connectivity index (χ2n) is 7.00. The van der Waals surface area contributed by atoms with Gasteiger partial charge in [-0.25, -0.2) is 13.4 Å². The van der Waals surface area contributed by atoms with Crippen LogP contribution in [0.3, 0.4) is 0 Å². The lowest BCUT2D eigenvalue weighted by Crippen LogP contribution is -2.49. The van der Waals surface area contributed by atoms with Crippen molar-refractivity contribution in [3.63, 3.8) is 0 Å². The average molecular weight is 398 g/mol. The number of benzene rings is 1. The van der Waals surface area contributed by atoms with Crippen LogP contribution in [-0.2, 0) is 21.1 Å². The number of carbonyl (C=O) groups is 1. The monoisotopic (exact) mass is 398 g/mol. The van der Waals surface area contributed by atoms with Crippen LogP contribution in [0.4, 0.5) is 5.82 Å². The summed E-state index contributed by atoms with van der Waals surface area (Å²) >= 11 is 0. The number of nitrogens with zero attached hydrogens (tertiary/aromatic N) is 3. The van der Waals surface area contributed by atoms with E-state index >= 15 is 0 Å². The maximum absolute atomic E-state index is 12.8. The topological polar surface area (TPSA) is 86.4 Å². The van der Waals surface area contributed by atoms with Crippen molar-refractivity contribution in [1.82, 2.24) is 14.9 Å². The molecule has 0 radical (unpaired) electrons. The summed E-state index contributed by atoms with van der Waals surface area (Å²) in [5, 5.41) is 1.07. The maximum atomic E-state index is 12.8. The normalized spacial score (nSPS) is 15.2. The number of fused-ring (bicyclic) bond motifs is 1. The molecule has 7 nitrogen and oxygen atoms in total. The summed E-state index contributed by atoms with van der Waals surface area (Å²) in [6.45, 7) is 2.19. The molecule has 0 bridgehead atoms. The number of sulfone groups is 1. The van der Waals surface area contributed by atoms with Crippen LogP contribution in [0.15, 0.2) is 53.7 Å². The molecule has 146 valence electrons. The zero-order chi connectivity index (χ0) is 19.7. The molecular weight excluding hydrogens is 376 g/mol. The summed E-state index contributed by atoms with van der Waals surface area (Å²) in [6, 6.07) is 11.1. The molecule has 0 atom stereocenters. The summed E-state index contributed by atoms with van der Waals surface area (Å²) in [5.74, 6) is 0.544. The number of anilines is 1. The molecule has 1 amide bonds. The zero-order valence-corrected chi connectivity index (χ0v) is 16.4. The molecule has 3 aromatic rings. The SMILES string of the molecule is CS(=O)(=O)c1cccnc1N1CCN(C(=O)Cc2c[nH]c3ccccc23)CC1. The van der Waals surface area contributed by atoms with Gasteiger partial charge in [-0.1, -0.05) is 18.2 Å². The minimum absolute atomic E-state index is 0.0776. The lowest BCUT2D eigenvalue weighted by atomic mass is 10.1. The Morgan fingerprint density at radius 3 is 2.61 bits per heavy atom. The van der Waals surface area contributed by atoms with Crippen molar-refractivity contribution in [3.05, 3.63) is 54.4 Å². The number of aromatic amines is 1. The highest BCUT2D eigenvalue weighted by Crippen LogP contribution is 2.24. The predicted molar refractivity (Wildman–Crippen MR) is 108 cm³/mol. The highest BCUT2D eigenvalue weighted by molar-refractivity contribution is 7.90. The Kier molecular flexibility index (Phi) is 4.80. The molecular formula is C20H22N4O3S. The minimum atomic E-state index is -3.36. The third-order valence-electron chi connectivity index (χ3n) is 5.10. The number of H-pyrrole nitrogens is 1. The summed E-state index contributed by atoms with van der Waals surface area (Å²) in [7, 11) is -3.36. The number of rotatable bonds is 4. The zero-order valence-electron chi connectivity index (χ0n) is 15.6. The highest BCUT2D eigenvalue weighted by atomic mass is 32.2. The largest absolute Gasteiger partial charge is 0.361 e. The molecule has 0 saturated carbocycles. The first-order valence-electron chi connectivity index (χ1n) is 9.16. The molecule has 0 aliphatic carbocycles. The smallest absolute Gasteiger partial charge is 0.227 e. The van der Waals surface area contributed by atoms with Gasteiger partial charge in [0.15, 0.2) is 9.84 Å². The summed E-state index contributed by atoms with van der Waals surface area (Å²) < 4.78 is 24.0. The van der Waals surface area contributed by atoms with E-state index in [1.54, 1.807) is 18.3 Å². The van der Waals surface area contributed by atoms with Gasteiger partial charge in [0, 0.05) is 55.7 Å². The Morgan fingerprint density at radius 1 is 1.11 bits per heavy atom. The number of pyridine rings is 1. The van der Waals surface area contributed by atoms with Gasteiger partial charge in [0.2, 0.25) is 5.91 Å². The van der Waals surface area contributed by atoms with Crippen molar-refractivity contribution < 1.29 is 13.2 Å². The Labute approximate surface area is 163 Å². The lowest BCUT2D eigenvalue weighted by molar-refractivity contribution is -0.130. The number of hydrogen-bond donors (Lipinski definition) is 1. The van der Waals surface area contributed by atoms with Crippen molar-refractivity contribution in [2.75, 3.05) is 37.3 Å². The standard InChI is InChI=1S/C20H22N4O3S/c1-28(26,27)18-7-4-8-21-20(18)24-11-9-23(10-12-24)19(25)13-15-14-22-17-6-3-2-5-16(15)17/h2-8,14,22H,9-13H2,1H3. The van der Waals surface area contributed by atoms with Crippen molar-refractivity contribution >= 4 is 32.5 Å². The summed E-state index contributed by atoms with van der Waals surface area (Å²) in [5.41, 5.74) is 2.02. The number of nitrogens with one attached hydrogen (secondary N) is 1. The second-order valence-corrected chi connectivity index (χ2v) is 8.99. The van der Waals surface area contributed by atoms with E-state index in [0.29, 0.717) is 38.4 Å². The van der Waals surface area contributed by atoms with Gasteiger partial charge in [-0.05, 0) is 23.8 Å². The molecule has 1 N–H and O–H groups in total. The molecule has 1 aliphatic rings. The van der Waals surface area contributed by atoms with Gasteiger partial charge in [0.1, 0.15) is 10.7 Å². The van der Waals surface area contributed by atoms with Crippen LogP contribution in [0, 0.1) is 0 Å². The van der Waals surface area contributed by atoms with Gasteiger partial charge in [-0.2, -0.15) is 0 Å². The molecule has 28 heavy (non-hydrogen) atoms. The van der Waals surface area contributed by atoms with E-state index in [0.717, 1.165) is 16.5 Å². The van der Waals surface area contributed by atoms with Crippen molar-refractivity contribution in [3.8, 4) is 0 Å². The molecule has 0 spiro atoms. The Balaban J connectivity index is 1.44. The van der Waals surface area contributed by atoms with Crippen LogP contribution >= 0.6 is 0 Å². The average Bonchev–Trinajstić information content (AvgIpc) is 3.10. The number of aromatic nitrogens is 2. The van der Waals surface area contributed by atoms with E-state index < -0.39 is 9.84 Å². The van der Waals surface area contributed by atoms with Crippen LogP contribution in [0.5, 0.6) is 0 Å². The van der Waals surface area contributed by atoms with Gasteiger partial charge < -0.3 is 14.8 Å². The van der Waals surface area contributed by atoms with E-state index in [9.17, 15) is 13.2 Å². The molecule has 3 heterocycles. The fourth-order valence-corrected chi connectivity index (χ4v) is 4.47. The highest BCUT2D eigenvalue weighted by Gasteiger charge is 2.26. The Bertz CT molecular complexity index is 1120. The predicted octanol–water partition coefficient (Wildman–Crippen LogP) is 1.86. The molecule has 2 aromatic heterocycles. The van der Waals surface area contributed by atoms with E-state index in [1.165, 1.54) is 6.26 Å². The van der Waals surface area contributed by atoms with Crippen molar-refractivity contribution in [2.45, 2.75) is 11.3 Å². The van der Waals surface area contributed by atoms with E-state index in [-0.39, 0.29) is 10.8 Å². The van der Waals surface area contributed by atoms with Gasteiger partial charge >= 0.3 is 0 Å². The molecule has 8 heteroatoms. The minimum Gasteiger partial charge on any atom is -0.361 e. The third kappa shape index (κ3) is 3.60. The number of para-hydroxylation sites is 1. The number of piperazine rings is 1. The van der Waals surface area contributed by atoms with Crippen LogP contribution in [0.2, 0.25) is 0 Å². The molecule has 0 unspecified atom stereocenters. The number of hydrogen-bond acceptors (Lipinski definition) is 5. The van der Waals surface area contributed by atoms with Gasteiger partial charge in [-0.15, -0.1) is 0 Å². The second kappa shape index (κ2) is 7.27.